The van der Waals surface area contributed by atoms with E-state index in [4.69, 9.17) is 11.6 Å². The fourth-order valence-corrected chi connectivity index (χ4v) is 2.10. The van der Waals surface area contributed by atoms with E-state index in [-0.39, 0.29) is 21.8 Å². The van der Waals surface area contributed by atoms with Crippen LogP contribution in [0, 0.1) is 21.3 Å². The molecule has 0 radical (unpaired) electrons. The Morgan fingerprint density at radius 2 is 2.22 bits per heavy atom. The van der Waals surface area contributed by atoms with Gasteiger partial charge in [0.2, 0.25) is 0 Å². The molecule has 0 spiro atoms. The molecule has 0 atom stereocenters. The van der Waals surface area contributed by atoms with Crippen molar-refractivity contribution in [1.82, 2.24) is 0 Å². The van der Waals surface area contributed by atoms with Gasteiger partial charge in [0, 0.05) is 18.7 Å². The van der Waals surface area contributed by atoms with Crippen LogP contribution in [-0.2, 0) is 0 Å². The molecule has 0 bridgehead atoms. The zero-order valence-electron chi connectivity index (χ0n) is 10.0. The molecule has 0 saturated heterocycles. The molecule has 0 amide bonds. The van der Waals surface area contributed by atoms with Crippen molar-refractivity contribution in [2.24, 2.45) is 5.41 Å². The molecule has 2 rings (SSSR count). The van der Waals surface area contributed by atoms with Crippen LogP contribution in [-0.4, -0.2) is 11.5 Å². The second kappa shape index (κ2) is 4.72. The second-order valence-electron chi connectivity index (χ2n) is 4.75. The van der Waals surface area contributed by atoms with Crippen LogP contribution in [0.2, 0.25) is 5.02 Å². The molecule has 0 heterocycles. The number of hydrogen-bond acceptors (Lipinski definition) is 3. The second-order valence-corrected chi connectivity index (χ2v) is 5.15. The molecular weight excluding hydrogens is 259 g/mol. The summed E-state index contributed by atoms with van der Waals surface area (Å²) in [6.45, 7) is 2.72. The number of nitro benzene ring substituents is 1. The Balaban J connectivity index is 2.20. The number of anilines is 1. The molecule has 1 aliphatic carbocycles. The summed E-state index contributed by atoms with van der Waals surface area (Å²) >= 11 is 5.55. The van der Waals surface area contributed by atoms with Crippen LogP contribution in [0.25, 0.3) is 0 Å². The zero-order chi connectivity index (χ0) is 13.3. The van der Waals surface area contributed by atoms with Gasteiger partial charge in [-0.15, -0.1) is 0 Å². The molecule has 0 aromatic heterocycles. The predicted octanol–water partition coefficient (Wildman–Crippen LogP) is 3.99. The van der Waals surface area contributed by atoms with Gasteiger partial charge in [0.25, 0.3) is 5.69 Å². The van der Waals surface area contributed by atoms with Crippen LogP contribution in [0.4, 0.5) is 15.8 Å². The summed E-state index contributed by atoms with van der Waals surface area (Å²) in [5.41, 5.74) is 0.235. The number of halogens is 2. The first-order chi connectivity index (χ1) is 8.47. The number of nitrogens with one attached hydrogen (secondary N) is 1. The molecule has 1 aromatic carbocycles. The van der Waals surface area contributed by atoms with Gasteiger partial charge in [-0.3, -0.25) is 10.1 Å². The van der Waals surface area contributed by atoms with E-state index in [1.54, 1.807) is 0 Å². The maximum absolute atomic E-state index is 13.3. The smallest absolute Gasteiger partial charge is 0.294 e. The first-order valence-electron chi connectivity index (χ1n) is 5.85. The molecular formula is C12H14ClFN2O2. The van der Waals surface area contributed by atoms with E-state index in [0.29, 0.717) is 6.54 Å². The predicted molar refractivity (Wildman–Crippen MR) is 68.5 cm³/mol. The molecule has 1 N–H and O–H groups in total. The molecule has 1 aromatic rings. The molecule has 1 aliphatic rings. The number of benzene rings is 1. The quantitative estimate of drug-likeness (QED) is 0.651. The fourth-order valence-electron chi connectivity index (χ4n) is 1.94. The van der Waals surface area contributed by atoms with Gasteiger partial charge in [-0.05, 0) is 24.7 Å². The normalized spacial score (nSPS) is 16.4. The zero-order valence-corrected chi connectivity index (χ0v) is 10.8. The number of nitrogens with zero attached hydrogens (tertiary/aromatic N) is 1. The Kier molecular flexibility index (Phi) is 3.43. The van der Waals surface area contributed by atoms with Gasteiger partial charge in [-0.1, -0.05) is 18.5 Å². The lowest BCUT2D eigenvalue weighted by Crippen LogP contribution is -2.15. The van der Waals surface area contributed by atoms with Crippen molar-refractivity contribution in [3.8, 4) is 0 Å². The van der Waals surface area contributed by atoms with E-state index in [1.807, 2.05) is 0 Å². The van der Waals surface area contributed by atoms with Gasteiger partial charge < -0.3 is 5.32 Å². The summed E-state index contributed by atoms with van der Waals surface area (Å²) in [5.74, 6) is -0.647. The van der Waals surface area contributed by atoms with Crippen LogP contribution in [0.1, 0.15) is 26.2 Å². The topological polar surface area (TPSA) is 55.2 Å². The van der Waals surface area contributed by atoms with Gasteiger partial charge in [0.15, 0.2) is 0 Å². The third kappa shape index (κ3) is 2.56. The molecule has 0 aliphatic heterocycles. The number of nitro groups is 1. The monoisotopic (exact) mass is 272 g/mol. The Bertz CT molecular complexity index is 489. The van der Waals surface area contributed by atoms with Crippen molar-refractivity contribution in [1.29, 1.82) is 0 Å². The maximum atomic E-state index is 13.3. The molecule has 1 saturated carbocycles. The van der Waals surface area contributed by atoms with E-state index in [2.05, 4.69) is 12.2 Å². The summed E-state index contributed by atoms with van der Waals surface area (Å²) < 4.78 is 13.3. The van der Waals surface area contributed by atoms with E-state index < -0.39 is 10.7 Å². The lowest BCUT2D eigenvalue weighted by Gasteiger charge is -2.14. The Morgan fingerprint density at radius 1 is 1.56 bits per heavy atom. The Labute approximate surface area is 109 Å². The van der Waals surface area contributed by atoms with Gasteiger partial charge in [0.1, 0.15) is 11.5 Å². The first kappa shape index (κ1) is 13.1. The summed E-state index contributed by atoms with van der Waals surface area (Å²) in [6, 6.07) is 2.14. The average Bonchev–Trinajstić information content (AvgIpc) is 3.10. The lowest BCUT2D eigenvalue weighted by molar-refractivity contribution is -0.384. The third-order valence-electron chi connectivity index (χ3n) is 3.60. The molecule has 98 valence electrons. The van der Waals surface area contributed by atoms with Gasteiger partial charge in [-0.2, -0.15) is 0 Å². The lowest BCUT2D eigenvalue weighted by atomic mass is 10.0. The van der Waals surface area contributed by atoms with Crippen LogP contribution >= 0.6 is 11.6 Å². The summed E-state index contributed by atoms with van der Waals surface area (Å²) in [6.07, 6.45) is 3.24. The highest BCUT2D eigenvalue weighted by Gasteiger charge is 2.40. The minimum atomic E-state index is -0.647. The van der Waals surface area contributed by atoms with Crippen molar-refractivity contribution in [2.75, 3.05) is 11.9 Å². The van der Waals surface area contributed by atoms with E-state index in [0.717, 1.165) is 31.4 Å². The number of rotatable bonds is 5. The van der Waals surface area contributed by atoms with E-state index in [1.165, 1.54) is 0 Å². The van der Waals surface area contributed by atoms with Gasteiger partial charge in [-0.25, -0.2) is 4.39 Å². The third-order valence-corrected chi connectivity index (χ3v) is 3.89. The van der Waals surface area contributed by atoms with Crippen molar-refractivity contribution in [2.45, 2.75) is 26.2 Å². The molecule has 6 heteroatoms. The van der Waals surface area contributed by atoms with Crippen molar-refractivity contribution in [3.05, 3.63) is 33.1 Å². The summed E-state index contributed by atoms with van der Waals surface area (Å²) in [4.78, 5) is 10.3. The van der Waals surface area contributed by atoms with E-state index >= 15 is 0 Å². The fraction of sp³-hybridized carbons (Fsp3) is 0.500. The molecule has 4 nitrogen and oxygen atoms in total. The molecule has 1 fully saturated rings. The Morgan fingerprint density at radius 3 is 2.72 bits per heavy atom. The van der Waals surface area contributed by atoms with Crippen LogP contribution < -0.4 is 5.32 Å². The maximum Gasteiger partial charge on any atom is 0.294 e. The van der Waals surface area contributed by atoms with Crippen molar-refractivity contribution < 1.29 is 9.31 Å². The summed E-state index contributed by atoms with van der Waals surface area (Å²) in [5, 5.41) is 13.6. The summed E-state index contributed by atoms with van der Waals surface area (Å²) in [7, 11) is 0. The Hall–Kier alpha value is -1.36. The van der Waals surface area contributed by atoms with Gasteiger partial charge in [0.05, 0.1) is 9.95 Å². The largest absolute Gasteiger partial charge is 0.379 e. The number of hydrogen-bond donors (Lipinski definition) is 1. The first-order valence-corrected chi connectivity index (χ1v) is 6.22. The standard InChI is InChI=1S/C12H14ClFN2O2/c1-2-12(3-4-12)7-15-10-6-9(14)8(13)5-11(10)16(17)18/h5-6,15H,2-4,7H2,1H3. The molecule has 18 heavy (non-hydrogen) atoms. The highest BCUT2D eigenvalue weighted by molar-refractivity contribution is 6.31. The average molecular weight is 273 g/mol. The highest BCUT2D eigenvalue weighted by Crippen LogP contribution is 2.48. The van der Waals surface area contributed by atoms with Crippen LogP contribution in [0.5, 0.6) is 0 Å². The molecule has 0 unspecified atom stereocenters. The van der Waals surface area contributed by atoms with Crippen molar-refractivity contribution >= 4 is 23.0 Å². The van der Waals surface area contributed by atoms with Gasteiger partial charge >= 0.3 is 0 Å². The minimum Gasteiger partial charge on any atom is -0.379 e. The van der Waals surface area contributed by atoms with Crippen LogP contribution in [0.3, 0.4) is 0 Å². The SMILES string of the molecule is CCC1(CNc2cc(F)c(Cl)cc2[N+](=O)[O-])CC1. The minimum absolute atomic E-state index is 0.187. The highest BCUT2D eigenvalue weighted by atomic mass is 35.5. The van der Waals surface area contributed by atoms with Crippen LogP contribution in [0.15, 0.2) is 12.1 Å². The van der Waals surface area contributed by atoms with Crippen molar-refractivity contribution in [3.63, 3.8) is 0 Å². The van der Waals surface area contributed by atoms with E-state index in [9.17, 15) is 14.5 Å².